The van der Waals surface area contributed by atoms with Crippen molar-refractivity contribution >= 4 is 38.9 Å². The van der Waals surface area contributed by atoms with Crippen molar-refractivity contribution in [3.8, 4) is 0 Å². The second-order valence-electron chi connectivity index (χ2n) is 7.17. The van der Waals surface area contributed by atoms with Crippen LogP contribution in [0.15, 0.2) is 48.5 Å². The number of carbonyl (C=O) groups is 1. The van der Waals surface area contributed by atoms with Gasteiger partial charge in [-0.2, -0.15) is 0 Å². The highest BCUT2D eigenvalue weighted by Crippen LogP contribution is 2.26. The average molecular weight is 436 g/mol. The molecule has 0 fully saturated rings. The number of anilines is 2. The lowest BCUT2D eigenvalue weighted by atomic mass is 10.0. The molecule has 0 bridgehead atoms. The molecule has 156 valence electrons. The molecule has 3 rings (SSSR count). The molecule has 0 aliphatic carbocycles. The van der Waals surface area contributed by atoms with Crippen molar-refractivity contribution in [2.24, 2.45) is 0 Å². The number of hydrogen-bond donors (Lipinski definition) is 1. The number of amides is 1. The fourth-order valence-corrected chi connectivity index (χ4v) is 4.59. The minimum Gasteiger partial charge on any atom is -0.371 e. The summed E-state index contributed by atoms with van der Waals surface area (Å²) in [5.74, 6) is -0.338. The van der Waals surface area contributed by atoms with Crippen LogP contribution in [0.4, 0.5) is 11.4 Å². The molecule has 0 atom stereocenters. The number of benzene rings is 2. The van der Waals surface area contributed by atoms with Crippen LogP contribution in [0, 0.1) is 0 Å². The fourth-order valence-electron chi connectivity index (χ4n) is 3.56. The predicted molar refractivity (Wildman–Crippen MR) is 118 cm³/mol. The second kappa shape index (κ2) is 9.50. The molecule has 6 nitrogen and oxygen atoms in total. The summed E-state index contributed by atoms with van der Waals surface area (Å²) in [5.41, 5.74) is 3.02. The van der Waals surface area contributed by atoms with E-state index in [2.05, 4.69) is 34.5 Å². The normalized spacial score (nSPS) is 13.7. The lowest BCUT2D eigenvalue weighted by Gasteiger charge is -2.31. The lowest BCUT2D eigenvalue weighted by Crippen LogP contribution is -2.41. The number of aryl methyl sites for hydroxylation is 1. The second-order valence-corrected chi connectivity index (χ2v) is 9.52. The molecule has 1 amide bonds. The van der Waals surface area contributed by atoms with Gasteiger partial charge in [-0.1, -0.05) is 35.9 Å². The SMILES string of the molecule is CS(=O)(=O)N(CC(=O)NCCCN1CCCc2ccccc21)c1cccc(Cl)c1. The van der Waals surface area contributed by atoms with Gasteiger partial charge >= 0.3 is 0 Å². The first-order chi connectivity index (χ1) is 13.8. The monoisotopic (exact) mass is 435 g/mol. The van der Waals surface area contributed by atoms with E-state index < -0.39 is 10.0 Å². The van der Waals surface area contributed by atoms with Gasteiger partial charge in [0.15, 0.2) is 0 Å². The number of nitrogens with one attached hydrogen (secondary N) is 1. The molecule has 0 saturated carbocycles. The number of carbonyl (C=O) groups excluding carboxylic acids is 1. The summed E-state index contributed by atoms with van der Waals surface area (Å²) in [6, 6.07) is 14.9. The molecule has 0 aromatic heterocycles. The molecule has 0 unspecified atom stereocenters. The zero-order valence-electron chi connectivity index (χ0n) is 16.5. The summed E-state index contributed by atoms with van der Waals surface area (Å²) >= 11 is 5.96. The molecule has 0 radical (unpaired) electrons. The van der Waals surface area contributed by atoms with Crippen molar-refractivity contribution < 1.29 is 13.2 Å². The number of hydrogen-bond acceptors (Lipinski definition) is 4. The number of nitrogens with zero attached hydrogens (tertiary/aromatic N) is 2. The smallest absolute Gasteiger partial charge is 0.240 e. The Balaban J connectivity index is 1.52. The van der Waals surface area contributed by atoms with Gasteiger partial charge < -0.3 is 10.2 Å². The molecule has 1 N–H and O–H groups in total. The van der Waals surface area contributed by atoms with E-state index in [1.165, 1.54) is 17.3 Å². The maximum Gasteiger partial charge on any atom is 0.240 e. The Kier molecular flexibility index (Phi) is 7.03. The molecule has 29 heavy (non-hydrogen) atoms. The summed E-state index contributed by atoms with van der Waals surface area (Å²) in [6.07, 6.45) is 4.10. The van der Waals surface area contributed by atoms with Gasteiger partial charge in [0, 0.05) is 30.3 Å². The Morgan fingerprint density at radius 3 is 2.76 bits per heavy atom. The highest BCUT2D eigenvalue weighted by Gasteiger charge is 2.21. The van der Waals surface area contributed by atoms with Gasteiger partial charge in [-0.15, -0.1) is 0 Å². The van der Waals surface area contributed by atoms with E-state index >= 15 is 0 Å². The highest BCUT2D eigenvalue weighted by molar-refractivity contribution is 7.92. The Morgan fingerprint density at radius 2 is 2.00 bits per heavy atom. The van der Waals surface area contributed by atoms with Crippen molar-refractivity contribution in [3.05, 3.63) is 59.1 Å². The Morgan fingerprint density at radius 1 is 1.21 bits per heavy atom. The van der Waals surface area contributed by atoms with Gasteiger partial charge in [0.05, 0.1) is 11.9 Å². The van der Waals surface area contributed by atoms with Crippen molar-refractivity contribution in [3.63, 3.8) is 0 Å². The van der Waals surface area contributed by atoms with E-state index in [0.717, 1.165) is 42.9 Å². The number of rotatable bonds is 8. The number of sulfonamides is 1. The predicted octanol–water partition coefficient (Wildman–Crippen LogP) is 3.07. The highest BCUT2D eigenvalue weighted by atomic mass is 35.5. The Labute approximate surface area is 177 Å². The molecule has 1 aliphatic rings. The third kappa shape index (κ3) is 5.87. The van der Waals surface area contributed by atoms with E-state index in [0.29, 0.717) is 17.3 Å². The van der Waals surface area contributed by atoms with Gasteiger partial charge in [0.25, 0.3) is 0 Å². The van der Waals surface area contributed by atoms with Crippen molar-refractivity contribution in [2.45, 2.75) is 19.3 Å². The third-order valence-corrected chi connectivity index (χ3v) is 6.29. The molecule has 2 aromatic carbocycles. The molecule has 1 aliphatic heterocycles. The van der Waals surface area contributed by atoms with Gasteiger partial charge in [0.2, 0.25) is 15.9 Å². The van der Waals surface area contributed by atoms with Crippen LogP contribution in [0.3, 0.4) is 0 Å². The van der Waals surface area contributed by atoms with E-state index in [1.54, 1.807) is 18.2 Å². The molecule has 8 heteroatoms. The first kappa shape index (κ1) is 21.5. The van der Waals surface area contributed by atoms with Crippen LogP contribution >= 0.6 is 11.6 Å². The lowest BCUT2D eigenvalue weighted by molar-refractivity contribution is -0.119. The summed E-state index contributed by atoms with van der Waals surface area (Å²) in [7, 11) is -3.61. The van der Waals surface area contributed by atoms with Crippen LogP contribution in [0.5, 0.6) is 0 Å². The van der Waals surface area contributed by atoms with Crippen LogP contribution < -0.4 is 14.5 Å². The first-order valence-electron chi connectivity index (χ1n) is 9.67. The molecule has 1 heterocycles. The van der Waals surface area contributed by atoms with Gasteiger partial charge in [0.1, 0.15) is 6.54 Å². The minimum atomic E-state index is -3.61. The summed E-state index contributed by atoms with van der Waals surface area (Å²) in [6.45, 7) is 2.08. The van der Waals surface area contributed by atoms with E-state index in [9.17, 15) is 13.2 Å². The van der Waals surface area contributed by atoms with Gasteiger partial charge in [-0.25, -0.2) is 8.42 Å². The van der Waals surface area contributed by atoms with Crippen molar-refractivity contribution in [1.82, 2.24) is 5.32 Å². The average Bonchev–Trinajstić information content (AvgIpc) is 2.68. The van der Waals surface area contributed by atoms with Crippen LogP contribution in [0.1, 0.15) is 18.4 Å². The summed E-state index contributed by atoms with van der Waals surface area (Å²) < 4.78 is 25.3. The standard InChI is InChI=1S/C21H26ClN3O3S/c1-29(27,28)25(19-10-4-9-18(22)15-19)16-21(26)23-12-6-14-24-13-5-8-17-7-2-3-11-20(17)24/h2-4,7,9-11,15H,5-6,8,12-14,16H2,1H3,(H,23,26). The molecule has 0 saturated heterocycles. The molecular weight excluding hydrogens is 410 g/mol. The van der Waals surface area contributed by atoms with Crippen LogP contribution in [-0.2, 0) is 21.2 Å². The van der Waals surface area contributed by atoms with Crippen LogP contribution in [-0.4, -0.2) is 46.8 Å². The maximum atomic E-state index is 12.3. The van der Waals surface area contributed by atoms with Crippen LogP contribution in [0.25, 0.3) is 0 Å². The first-order valence-corrected chi connectivity index (χ1v) is 11.9. The Bertz CT molecular complexity index is 965. The Hall–Kier alpha value is -2.25. The van der Waals surface area contributed by atoms with Crippen LogP contribution in [0.2, 0.25) is 5.02 Å². The molecule has 2 aromatic rings. The van der Waals surface area contributed by atoms with E-state index in [4.69, 9.17) is 11.6 Å². The number of para-hydroxylation sites is 1. The molecular formula is C21H26ClN3O3S. The van der Waals surface area contributed by atoms with Gasteiger partial charge in [-0.3, -0.25) is 9.10 Å². The third-order valence-electron chi connectivity index (χ3n) is 4.92. The zero-order valence-corrected chi connectivity index (χ0v) is 18.0. The van der Waals surface area contributed by atoms with Crippen molar-refractivity contribution in [1.29, 1.82) is 0 Å². The summed E-state index contributed by atoms with van der Waals surface area (Å²) in [4.78, 5) is 14.7. The fraction of sp³-hybridized carbons (Fsp3) is 0.381. The van der Waals surface area contributed by atoms with E-state index in [-0.39, 0.29) is 12.5 Å². The minimum absolute atomic E-state index is 0.272. The van der Waals surface area contributed by atoms with E-state index in [1.807, 2.05) is 0 Å². The quantitative estimate of drug-likeness (QED) is 0.647. The largest absolute Gasteiger partial charge is 0.371 e. The van der Waals surface area contributed by atoms with Gasteiger partial charge in [-0.05, 0) is 49.1 Å². The number of halogens is 1. The molecule has 0 spiro atoms. The summed E-state index contributed by atoms with van der Waals surface area (Å²) in [5, 5.41) is 3.24. The number of fused-ring (bicyclic) bond motifs is 1. The maximum absolute atomic E-state index is 12.3. The van der Waals surface area contributed by atoms with Crippen molar-refractivity contribution in [2.75, 3.05) is 41.6 Å². The topological polar surface area (TPSA) is 69.7 Å². The zero-order chi connectivity index (χ0) is 20.9.